The quantitative estimate of drug-likeness (QED) is 0.494. The number of benzene rings is 1. The lowest BCUT2D eigenvalue weighted by Gasteiger charge is -2.10. The van der Waals surface area contributed by atoms with E-state index in [0.29, 0.717) is 25.3 Å². The van der Waals surface area contributed by atoms with Gasteiger partial charge >= 0.3 is 0 Å². The number of halogens is 2. The van der Waals surface area contributed by atoms with E-state index in [1.54, 1.807) is 0 Å². The molecule has 0 radical (unpaired) electrons. The summed E-state index contributed by atoms with van der Waals surface area (Å²) in [4.78, 5) is 12.1. The van der Waals surface area contributed by atoms with Gasteiger partial charge < -0.3 is 14.8 Å². The summed E-state index contributed by atoms with van der Waals surface area (Å²) < 4.78 is 12.9. The van der Waals surface area contributed by atoms with Crippen LogP contribution in [0.15, 0.2) is 22.7 Å². The molecule has 0 aromatic heterocycles. The Morgan fingerprint density at radius 3 is 3.14 bits per heavy atom. The Kier molecular flexibility index (Phi) is 7.42. The van der Waals surface area contributed by atoms with Gasteiger partial charge in [-0.05, 0) is 76.0 Å². The summed E-state index contributed by atoms with van der Waals surface area (Å²) in [7, 11) is 0. The van der Waals surface area contributed by atoms with E-state index in [1.807, 2.05) is 18.2 Å². The van der Waals surface area contributed by atoms with Gasteiger partial charge in [0.05, 0.1) is 18.3 Å². The number of carbonyl (C=O) groups excluding carboxylic acids is 1. The second kappa shape index (κ2) is 9.07. The largest absolute Gasteiger partial charge is 0.379 e. The summed E-state index contributed by atoms with van der Waals surface area (Å²) in [6.07, 6.45) is 3.30. The van der Waals surface area contributed by atoms with Gasteiger partial charge in [0, 0.05) is 27.8 Å². The predicted molar refractivity (Wildman–Crippen MR) is 93.6 cm³/mol. The molecule has 1 fully saturated rings. The van der Waals surface area contributed by atoms with Gasteiger partial charge in [-0.15, -0.1) is 0 Å². The number of carbonyl (C=O) groups is 1. The van der Waals surface area contributed by atoms with Gasteiger partial charge in [0.2, 0.25) is 0 Å². The van der Waals surface area contributed by atoms with Crippen molar-refractivity contribution in [2.75, 3.05) is 26.4 Å². The first-order chi connectivity index (χ1) is 10.2. The number of hydrogen-bond donors (Lipinski definition) is 1. The Labute approximate surface area is 147 Å². The third-order valence-electron chi connectivity index (χ3n) is 3.25. The third-order valence-corrected chi connectivity index (χ3v) is 4.61. The standard InChI is InChI=1S/C15H19BrINO3/c16-14-5-4-11(17)9-13(14)15(19)18-6-2-7-20-10-12-3-1-8-21-12/h4-5,9,12H,1-3,6-8,10H2,(H,18,19). The molecule has 0 saturated carbocycles. The maximum absolute atomic E-state index is 12.1. The van der Waals surface area contributed by atoms with Crippen LogP contribution in [-0.2, 0) is 9.47 Å². The Balaban J connectivity index is 1.61. The number of hydrogen-bond acceptors (Lipinski definition) is 3. The number of amides is 1. The van der Waals surface area contributed by atoms with Gasteiger partial charge in [0.25, 0.3) is 5.91 Å². The van der Waals surface area contributed by atoms with Crippen molar-refractivity contribution >= 4 is 44.4 Å². The molecule has 116 valence electrons. The highest BCUT2D eigenvalue weighted by Gasteiger charge is 2.15. The molecule has 2 rings (SSSR count). The van der Waals surface area contributed by atoms with Crippen LogP contribution < -0.4 is 5.32 Å². The molecule has 1 aromatic rings. The molecular weight excluding hydrogens is 449 g/mol. The van der Waals surface area contributed by atoms with Gasteiger partial charge in [0.1, 0.15) is 0 Å². The maximum atomic E-state index is 12.1. The average Bonchev–Trinajstić information content (AvgIpc) is 2.98. The molecule has 1 heterocycles. The molecule has 1 amide bonds. The van der Waals surface area contributed by atoms with Crippen molar-refractivity contribution in [2.45, 2.75) is 25.4 Å². The Bertz CT molecular complexity index is 478. The minimum atomic E-state index is -0.0560. The molecular formula is C15H19BrINO3. The highest BCUT2D eigenvalue weighted by molar-refractivity contribution is 14.1. The summed E-state index contributed by atoms with van der Waals surface area (Å²) >= 11 is 5.60. The van der Waals surface area contributed by atoms with Crippen LogP contribution in [0.4, 0.5) is 0 Å². The fourth-order valence-corrected chi connectivity index (χ4v) is 3.05. The van der Waals surface area contributed by atoms with E-state index in [2.05, 4.69) is 43.8 Å². The number of ether oxygens (including phenoxy) is 2. The van der Waals surface area contributed by atoms with E-state index >= 15 is 0 Å². The highest BCUT2D eigenvalue weighted by atomic mass is 127. The second-order valence-corrected chi connectivity index (χ2v) is 7.04. The van der Waals surface area contributed by atoms with Gasteiger partial charge in [-0.3, -0.25) is 4.79 Å². The van der Waals surface area contributed by atoms with Crippen LogP contribution in [-0.4, -0.2) is 38.4 Å². The minimum absolute atomic E-state index is 0.0560. The van der Waals surface area contributed by atoms with Gasteiger partial charge in [-0.1, -0.05) is 0 Å². The molecule has 1 aliphatic rings. The normalized spacial score (nSPS) is 17.9. The number of rotatable bonds is 7. The van der Waals surface area contributed by atoms with Crippen molar-refractivity contribution in [1.82, 2.24) is 5.32 Å². The molecule has 1 atom stereocenters. The molecule has 1 aliphatic heterocycles. The van der Waals surface area contributed by atoms with Gasteiger partial charge in [0.15, 0.2) is 0 Å². The van der Waals surface area contributed by atoms with Crippen molar-refractivity contribution in [3.63, 3.8) is 0 Å². The van der Waals surface area contributed by atoms with Crippen LogP contribution >= 0.6 is 38.5 Å². The fourth-order valence-electron chi connectivity index (χ4n) is 2.13. The Hall–Kier alpha value is -0.180. The molecule has 1 N–H and O–H groups in total. The summed E-state index contributed by atoms with van der Waals surface area (Å²) in [6, 6.07) is 5.72. The van der Waals surface area contributed by atoms with Crippen LogP contribution in [0.1, 0.15) is 29.6 Å². The van der Waals surface area contributed by atoms with E-state index in [9.17, 15) is 4.79 Å². The second-order valence-electron chi connectivity index (χ2n) is 4.94. The molecule has 6 heteroatoms. The fraction of sp³-hybridized carbons (Fsp3) is 0.533. The molecule has 1 aromatic carbocycles. The van der Waals surface area contributed by atoms with Crippen molar-refractivity contribution in [2.24, 2.45) is 0 Å². The third kappa shape index (κ3) is 5.84. The Morgan fingerprint density at radius 2 is 2.38 bits per heavy atom. The average molecular weight is 468 g/mol. The van der Waals surface area contributed by atoms with Crippen LogP contribution in [0.5, 0.6) is 0 Å². The van der Waals surface area contributed by atoms with Crippen molar-refractivity contribution in [3.8, 4) is 0 Å². The molecule has 0 bridgehead atoms. The van der Waals surface area contributed by atoms with Crippen molar-refractivity contribution in [1.29, 1.82) is 0 Å². The van der Waals surface area contributed by atoms with Crippen molar-refractivity contribution in [3.05, 3.63) is 31.8 Å². The summed E-state index contributed by atoms with van der Waals surface area (Å²) in [5.74, 6) is -0.0560. The summed E-state index contributed by atoms with van der Waals surface area (Å²) in [5, 5.41) is 2.91. The molecule has 0 spiro atoms. The van der Waals surface area contributed by atoms with E-state index in [-0.39, 0.29) is 12.0 Å². The lowest BCUT2D eigenvalue weighted by Crippen LogP contribution is -2.26. The van der Waals surface area contributed by atoms with Gasteiger partial charge in [-0.25, -0.2) is 0 Å². The first kappa shape index (κ1) is 17.2. The zero-order chi connectivity index (χ0) is 15.1. The molecule has 21 heavy (non-hydrogen) atoms. The lowest BCUT2D eigenvalue weighted by molar-refractivity contribution is 0.0166. The molecule has 4 nitrogen and oxygen atoms in total. The van der Waals surface area contributed by atoms with Gasteiger partial charge in [-0.2, -0.15) is 0 Å². The Morgan fingerprint density at radius 1 is 1.52 bits per heavy atom. The van der Waals surface area contributed by atoms with Crippen LogP contribution in [0, 0.1) is 3.57 Å². The van der Waals surface area contributed by atoms with Crippen LogP contribution in [0.25, 0.3) is 0 Å². The smallest absolute Gasteiger partial charge is 0.252 e. The highest BCUT2D eigenvalue weighted by Crippen LogP contribution is 2.19. The maximum Gasteiger partial charge on any atom is 0.252 e. The first-order valence-electron chi connectivity index (χ1n) is 7.09. The van der Waals surface area contributed by atoms with E-state index in [1.165, 1.54) is 0 Å². The zero-order valence-electron chi connectivity index (χ0n) is 11.7. The zero-order valence-corrected chi connectivity index (χ0v) is 15.5. The van der Waals surface area contributed by atoms with Crippen LogP contribution in [0.3, 0.4) is 0 Å². The summed E-state index contributed by atoms with van der Waals surface area (Å²) in [6.45, 7) is 2.78. The van der Waals surface area contributed by atoms with E-state index in [4.69, 9.17) is 9.47 Å². The lowest BCUT2D eigenvalue weighted by atomic mass is 10.2. The topological polar surface area (TPSA) is 47.6 Å². The predicted octanol–water partition coefficient (Wildman–Crippen LogP) is 3.37. The van der Waals surface area contributed by atoms with E-state index in [0.717, 1.165) is 33.9 Å². The van der Waals surface area contributed by atoms with Crippen LogP contribution in [0.2, 0.25) is 0 Å². The minimum Gasteiger partial charge on any atom is -0.379 e. The summed E-state index contributed by atoms with van der Waals surface area (Å²) in [5.41, 5.74) is 0.669. The molecule has 0 aliphatic carbocycles. The van der Waals surface area contributed by atoms with Crippen molar-refractivity contribution < 1.29 is 14.3 Å². The molecule has 1 saturated heterocycles. The monoisotopic (exact) mass is 467 g/mol. The number of nitrogens with one attached hydrogen (secondary N) is 1. The van der Waals surface area contributed by atoms with E-state index < -0.39 is 0 Å². The first-order valence-corrected chi connectivity index (χ1v) is 8.96. The molecule has 1 unspecified atom stereocenters. The SMILES string of the molecule is O=C(NCCCOCC1CCCO1)c1cc(I)ccc1Br.